The van der Waals surface area contributed by atoms with E-state index in [1.165, 1.54) is 6.07 Å². The van der Waals surface area contributed by atoms with Crippen LogP contribution >= 0.6 is 0 Å². The van der Waals surface area contributed by atoms with Gasteiger partial charge in [-0.25, -0.2) is 0 Å². The van der Waals surface area contributed by atoms with Crippen LogP contribution in [0.4, 0.5) is 0 Å². The first-order valence-electron chi connectivity index (χ1n) is 9.75. The second-order valence-corrected chi connectivity index (χ2v) is 7.77. The molecule has 3 aromatic rings. The Kier molecular flexibility index (Phi) is 5.56. The number of aliphatic hydroxyl groups is 5. The van der Waals surface area contributed by atoms with Crippen molar-refractivity contribution in [3.05, 3.63) is 40.1 Å². The lowest BCUT2D eigenvalue weighted by atomic mass is 9.86. The monoisotopic (exact) mass is 480 g/mol. The van der Waals surface area contributed by atoms with Crippen molar-refractivity contribution in [3.63, 3.8) is 0 Å². The van der Waals surface area contributed by atoms with Gasteiger partial charge in [0, 0.05) is 11.6 Å². The molecular weight excluding hydrogens is 460 g/mol. The number of phenols is 4. The van der Waals surface area contributed by atoms with Gasteiger partial charge in [-0.2, -0.15) is 0 Å². The van der Waals surface area contributed by atoms with Crippen LogP contribution in [-0.2, 0) is 10.5 Å². The Hall–Kier alpha value is -3.59. The molecule has 0 saturated carbocycles. The van der Waals surface area contributed by atoms with Crippen LogP contribution in [0.25, 0.3) is 22.3 Å². The van der Waals surface area contributed by atoms with E-state index in [2.05, 4.69) is 0 Å². The van der Waals surface area contributed by atoms with Crippen molar-refractivity contribution < 1.29 is 60.2 Å². The van der Waals surface area contributed by atoms with Gasteiger partial charge in [0.15, 0.2) is 17.3 Å². The topological polar surface area (TPSA) is 242 Å². The predicted octanol–water partition coefficient (Wildman–Crippen LogP) is -1.39. The summed E-state index contributed by atoms with van der Waals surface area (Å²) >= 11 is 0. The highest BCUT2D eigenvalue weighted by Gasteiger charge is 2.56. The number of rotatable bonds is 3. The number of aliphatic hydroxyl groups excluding tert-OH is 4. The summed E-state index contributed by atoms with van der Waals surface area (Å²) in [5.74, 6) is -7.92. The molecule has 0 radical (unpaired) electrons. The van der Waals surface area contributed by atoms with Crippen molar-refractivity contribution in [2.45, 2.75) is 30.2 Å². The molecule has 1 unspecified atom stereocenters. The van der Waals surface area contributed by atoms with E-state index >= 15 is 0 Å². The van der Waals surface area contributed by atoms with Gasteiger partial charge in [-0.1, -0.05) is 0 Å². The van der Waals surface area contributed by atoms with Crippen LogP contribution < -0.4 is 5.43 Å². The van der Waals surface area contributed by atoms with E-state index in [9.17, 15) is 55.9 Å². The molecule has 5 atom stereocenters. The standard InChI is InChI=1S/C21H20O13/c22-5-11-14(26)18(30)20(31)21(32,34-11)13-9(25)4-10-12(15(13)27)16(28)17(29)19(33-10)6-1-2-7(23)8(24)3-6/h1-4,11,14,18,20,22-27,29-32H,5H2/t11-,14-,18+,20-,21?/m1/s1. The average molecular weight is 480 g/mol. The van der Waals surface area contributed by atoms with Gasteiger partial charge in [-0.15, -0.1) is 0 Å². The third kappa shape index (κ3) is 3.30. The smallest absolute Gasteiger partial charge is 0.238 e. The summed E-state index contributed by atoms with van der Waals surface area (Å²) in [7, 11) is 0. The van der Waals surface area contributed by atoms with Gasteiger partial charge in [-0.3, -0.25) is 4.79 Å². The number of phenolic OH excluding ortho intramolecular Hbond substituents is 4. The van der Waals surface area contributed by atoms with Crippen molar-refractivity contribution in [3.8, 4) is 40.1 Å². The van der Waals surface area contributed by atoms with E-state index in [4.69, 9.17) is 9.15 Å². The summed E-state index contributed by atoms with van der Waals surface area (Å²) in [6.45, 7) is -0.936. The third-order valence-corrected chi connectivity index (χ3v) is 5.68. The third-order valence-electron chi connectivity index (χ3n) is 5.68. The molecule has 1 aromatic heterocycles. The zero-order valence-corrected chi connectivity index (χ0v) is 17.0. The van der Waals surface area contributed by atoms with E-state index in [-0.39, 0.29) is 5.56 Å². The molecule has 1 saturated heterocycles. The fraction of sp³-hybridized carbons (Fsp3) is 0.286. The number of fused-ring (bicyclic) bond motifs is 1. The SMILES string of the molecule is O=c1c(O)c(-c2ccc(O)c(O)c2)oc2cc(O)c(C3(O)O[C@H](CO)[C@@H](O)[C@H](O)[C@H]3O)c(O)c12. The quantitative estimate of drug-likeness (QED) is 0.194. The highest BCUT2D eigenvalue weighted by molar-refractivity contribution is 5.90. The molecule has 13 nitrogen and oxygen atoms in total. The Morgan fingerprint density at radius 1 is 0.882 bits per heavy atom. The first kappa shape index (κ1) is 23.6. The Morgan fingerprint density at radius 3 is 2.18 bits per heavy atom. The average Bonchev–Trinajstić information content (AvgIpc) is 2.79. The van der Waals surface area contributed by atoms with Crippen LogP contribution in [0.5, 0.6) is 28.7 Å². The van der Waals surface area contributed by atoms with E-state index in [1.54, 1.807) is 0 Å². The molecule has 0 amide bonds. The van der Waals surface area contributed by atoms with Crippen molar-refractivity contribution in [2.75, 3.05) is 6.61 Å². The molecule has 4 rings (SSSR count). The number of aromatic hydroxyl groups is 5. The van der Waals surface area contributed by atoms with Crippen molar-refractivity contribution in [2.24, 2.45) is 0 Å². The largest absolute Gasteiger partial charge is 0.507 e. The fourth-order valence-corrected chi connectivity index (χ4v) is 3.89. The molecule has 1 aliphatic heterocycles. The molecule has 0 bridgehead atoms. The zero-order chi connectivity index (χ0) is 25.1. The van der Waals surface area contributed by atoms with E-state index in [0.29, 0.717) is 0 Å². The van der Waals surface area contributed by atoms with Gasteiger partial charge in [0.05, 0.1) is 12.2 Å². The summed E-state index contributed by atoms with van der Waals surface area (Å²) in [5, 5.41) is 101. The van der Waals surface area contributed by atoms with Gasteiger partial charge < -0.3 is 60.2 Å². The number of hydrogen-bond acceptors (Lipinski definition) is 13. The Labute approximate surface area is 188 Å². The summed E-state index contributed by atoms with van der Waals surface area (Å²) < 4.78 is 10.5. The fourth-order valence-electron chi connectivity index (χ4n) is 3.89. The molecule has 10 N–H and O–H groups in total. The van der Waals surface area contributed by atoms with Gasteiger partial charge in [0.1, 0.15) is 46.9 Å². The second kappa shape index (κ2) is 8.02. The van der Waals surface area contributed by atoms with E-state index in [0.717, 1.165) is 18.2 Å². The van der Waals surface area contributed by atoms with E-state index < -0.39 is 93.3 Å². The highest BCUT2D eigenvalue weighted by atomic mass is 16.7. The molecule has 2 aromatic carbocycles. The lowest BCUT2D eigenvalue weighted by Gasteiger charge is -2.45. The Morgan fingerprint density at radius 2 is 1.56 bits per heavy atom. The Balaban J connectivity index is 1.96. The van der Waals surface area contributed by atoms with Crippen molar-refractivity contribution in [1.82, 2.24) is 0 Å². The second-order valence-electron chi connectivity index (χ2n) is 7.77. The van der Waals surface area contributed by atoms with Crippen LogP contribution in [0, 0.1) is 0 Å². The van der Waals surface area contributed by atoms with Crippen LogP contribution in [0.3, 0.4) is 0 Å². The summed E-state index contributed by atoms with van der Waals surface area (Å²) in [6, 6.07) is 3.98. The molecule has 2 heterocycles. The highest BCUT2D eigenvalue weighted by Crippen LogP contribution is 2.48. The van der Waals surface area contributed by atoms with Crippen LogP contribution in [0.2, 0.25) is 0 Å². The van der Waals surface area contributed by atoms with E-state index in [1.807, 2.05) is 0 Å². The summed E-state index contributed by atoms with van der Waals surface area (Å²) in [6.07, 6.45) is -7.96. The van der Waals surface area contributed by atoms with Crippen LogP contribution in [-0.4, -0.2) is 82.1 Å². The minimum atomic E-state index is -3.11. The zero-order valence-electron chi connectivity index (χ0n) is 17.0. The van der Waals surface area contributed by atoms with Gasteiger partial charge >= 0.3 is 0 Å². The van der Waals surface area contributed by atoms with Crippen molar-refractivity contribution >= 4 is 11.0 Å². The molecule has 13 heteroatoms. The lowest BCUT2D eigenvalue weighted by molar-refractivity contribution is -0.358. The molecule has 1 fully saturated rings. The molecule has 182 valence electrons. The maximum Gasteiger partial charge on any atom is 0.238 e. The number of hydrogen-bond donors (Lipinski definition) is 10. The maximum atomic E-state index is 12.9. The molecule has 0 spiro atoms. The minimum Gasteiger partial charge on any atom is -0.507 e. The van der Waals surface area contributed by atoms with Crippen LogP contribution in [0.15, 0.2) is 33.5 Å². The minimum absolute atomic E-state index is 0.0533. The number of ether oxygens (including phenoxy) is 1. The first-order valence-corrected chi connectivity index (χ1v) is 9.75. The summed E-state index contributed by atoms with van der Waals surface area (Å²) in [5.41, 5.74) is -2.81. The Bertz CT molecular complexity index is 1330. The van der Waals surface area contributed by atoms with Crippen molar-refractivity contribution in [1.29, 1.82) is 0 Å². The molecular formula is C21H20O13. The molecule has 0 aliphatic carbocycles. The van der Waals surface area contributed by atoms with Gasteiger partial charge in [0.2, 0.25) is 17.0 Å². The summed E-state index contributed by atoms with van der Waals surface area (Å²) in [4.78, 5) is 12.9. The maximum absolute atomic E-state index is 12.9. The predicted molar refractivity (Wildman–Crippen MR) is 110 cm³/mol. The molecule has 1 aliphatic rings. The number of benzene rings is 2. The lowest BCUT2D eigenvalue weighted by Crippen LogP contribution is -2.63. The first-order chi connectivity index (χ1) is 15.9. The van der Waals surface area contributed by atoms with Gasteiger partial charge in [-0.05, 0) is 18.2 Å². The van der Waals surface area contributed by atoms with Crippen LogP contribution in [0.1, 0.15) is 5.56 Å². The normalized spacial score (nSPS) is 27.2. The molecule has 34 heavy (non-hydrogen) atoms. The van der Waals surface area contributed by atoms with Gasteiger partial charge in [0.25, 0.3) is 0 Å².